The average Bonchev–Trinajstić information content (AvgIpc) is 2.97. The highest BCUT2D eigenvalue weighted by molar-refractivity contribution is 6.05. The van der Waals surface area contributed by atoms with Gasteiger partial charge in [0.15, 0.2) is 0 Å². The highest BCUT2D eigenvalue weighted by atomic mass is 19.1. The predicted octanol–water partition coefficient (Wildman–Crippen LogP) is 6.68. The van der Waals surface area contributed by atoms with E-state index in [0.717, 1.165) is 72.2 Å². The van der Waals surface area contributed by atoms with Crippen molar-refractivity contribution < 1.29 is 14.0 Å². The molecule has 1 saturated heterocycles. The Morgan fingerprint density at radius 2 is 1.63 bits per heavy atom. The van der Waals surface area contributed by atoms with Gasteiger partial charge in [0.2, 0.25) is 5.91 Å². The van der Waals surface area contributed by atoms with Gasteiger partial charge in [-0.1, -0.05) is 24.3 Å². The Balaban J connectivity index is 1.18. The van der Waals surface area contributed by atoms with Crippen molar-refractivity contribution >= 4 is 28.4 Å². The van der Waals surface area contributed by atoms with Crippen LogP contribution in [0.4, 0.5) is 10.1 Å². The third-order valence-corrected chi connectivity index (χ3v) is 8.04. The van der Waals surface area contributed by atoms with Gasteiger partial charge in [-0.05, 0) is 110 Å². The third-order valence-electron chi connectivity index (χ3n) is 8.04. The molecule has 5 rings (SSSR count). The van der Waals surface area contributed by atoms with Crippen LogP contribution in [0.15, 0.2) is 72.9 Å². The first-order valence-corrected chi connectivity index (χ1v) is 14.2. The molecule has 0 saturated carbocycles. The van der Waals surface area contributed by atoms with Crippen molar-refractivity contribution in [2.45, 2.75) is 39.2 Å². The molecule has 4 aromatic rings. The van der Waals surface area contributed by atoms with Crippen LogP contribution in [0.3, 0.4) is 0 Å². The maximum Gasteiger partial charge on any atom is 0.255 e. The van der Waals surface area contributed by atoms with E-state index in [1.165, 1.54) is 17.7 Å². The molecule has 212 valence electrons. The minimum Gasteiger partial charge on any atom is -0.349 e. The third kappa shape index (κ3) is 7.16. The van der Waals surface area contributed by atoms with Crippen molar-refractivity contribution in [2.75, 3.05) is 32.5 Å². The molecule has 1 fully saturated rings. The van der Waals surface area contributed by atoms with E-state index in [1.54, 1.807) is 29.2 Å². The molecule has 2 amide bonds. The second kappa shape index (κ2) is 12.6. The van der Waals surface area contributed by atoms with Gasteiger partial charge >= 0.3 is 0 Å². The number of hydrogen-bond donors (Lipinski definition) is 1. The van der Waals surface area contributed by atoms with Crippen LogP contribution in [0.1, 0.15) is 47.2 Å². The number of aromatic nitrogens is 1. The highest BCUT2D eigenvalue weighted by Crippen LogP contribution is 2.27. The number of halogens is 1. The Morgan fingerprint density at radius 1 is 0.976 bits per heavy atom. The van der Waals surface area contributed by atoms with Crippen molar-refractivity contribution in [3.05, 3.63) is 95.4 Å². The van der Waals surface area contributed by atoms with Crippen LogP contribution in [-0.2, 0) is 11.3 Å². The Labute approximate surface area is 241 Å². The van der Waals surface area contributed by atoms with Gasteiger partial charge in [-0.15, -0.1) is 0 Å². The zero-order chi connectivity index (χ0) is 28.9. The number of amides is 2. The van der Waals surface area contributed by atoms with Crippen molar-refractivity contribution in [1.29, 1.82) is 0 Å². The summed E-state index contributed by atoms with van der Waals surface area (Å²) in [7, 11) is 3.64. The number of likely N-dealkylation sites (tertiary alicyclic amines) is 1. The summed E-state index contributed by atoms with van der Waals surface area (Å²) in [5.41, 5.74) is 6.09. The van der Waals surface area contributed by atoms with E-state index in [0.29, 0.717) is 17.9 Å². The molecule has 1 N–H and O–H groups in total. The molecule has 1 aliphatic heterocycles. The van der Waals surface area contributed by atoms with E-state index in [1.807, 2.05) is 45.4 Å². The highest BCUT2D eigenvalue weighted by Gasteiger charge is 2.20. The van der Waals surface area contributed by atoms with Gasteiger partial charge in [-0.25, -0.2) is 4.39 Å². The number of nitrogens with zero attached hydrogens (tertiary/aromatic N) is 3. The molecular weight excluding hydrogens is 515 g/mol. The molecule has 0 radical (unpaired) electrons. The summed E-state index contributed by atoms with van der Waals surface area (Å²) in [5, 5.41) is 4.09. The van der Waals surface area contributed by atoms with Gasteiger partial charge in [-0.2, -0.15) is 0 Å². The lowest BCUT2D eigenvalue weighted by Gasteiger charge is -2.32. The predicted molar refractivity (Wildman–Crippen MR) is 162 cm³/mol. The first-order valence-electron chi connectivity index (χ1n) is 14.2. The van der Waals surface area contributed by atoms with Crippen LogP contribution < -0.4 is 5.32 Å². The number of hydrogen-bond acceptors (Lipinski definition) is 4. The minimum absolute atomic E-state index is 0.191. The first kappa shape index (κ1) is 28.4. The fourth-order valence-electron chi connectivity index (χ4n) is 5.45. The van der Waals surface area contributed by atoms with Gasteiger partial charge in [0, 0.05) is 49.9 Å². The normalized spacial score (nSPS) is 14.2. The zero-order valence-corrected chi connectivity index (χ0v) is 24.0. The molecule has 1 aromatic heterocycles. The largest absolute Gasteiger partial charge is 0.349 e. The van der Waals surface area contributed by atoms with Gasteiger partial charge in [-0.3, -0.25) is 19.5 Å². The Bertz CT molecular complexity index is 1530. The van der Waals surface area contributed by atoms with E-state index in [4.69, 9.17) is 4.98 Å². The van der Waals surface area contributed by atoms with E-state index < -0.39 is 0 Å². The zero-order valence-electron chi connectivity index (χ0n) is 24.0. The Kier molecular flexibility index (Phi) is 8.74. The topological polar surface area (TPSA) is 65.5 Å². The molecule has 0 atom stereocenters. The van der Waals surface area contributed by atoms with Gasteiger partial charge in [0.05, 0.1) is 5.52 Å². The lowest BCUT2D eigenvalue weighted by atomic mass is 9.92. The number of carbonyl (C=O) groups excluding carboxylic acids is 2. The van der Waals surface area contributed by atoms with Crippen LogP contribution in [0, 0.1) is 18.7 Å². The first-order chi connectivity index (χ1) is 19.7. The van der Waals surface area contributed by atoms with Gasteiger partial charge in [0.1, 0.15) is 5.82 Å². The molecule has 7 heteroatoms. The molecule has 0 unspecified atom stereocenters. The average molecular weight is 553 g/mol. The fraction of sp³-hybridized carbons (Fsp3) is 0.324. The Morgan fingerprint density at radius 3 is 2.29 bits per heavy atom. The van der Waals surface area contributed by atoms with Crippen LogP contribution in [0.5, 0.6) is 0 Å². The number of aryl methyl sites for hydroxylation is 1. The number of pyridine rings is 1. The number of rotatable bonds is 8. The van der Waals surface area contributed by atoms with Crippen LogP contribution in [-0.4, -0.2) is 53.8 Å². The molecule has 0 bridgehead atoms. The summed E-state index contributed by atoms with van der Waals surface area (Å²) < 4.78 is 13.2. The number of benzene rings is 3. The molecule has 0 aliphatic carbocycles. The van der Waals surface area contributed by atoms with Crippen molar-refractivity contribution in [3.8, 4) is 11.1 Å². The second-order valence-electron chi connectivity index (χ2n) is 11.3. The lowest BCUT2D eigenvalue weighted by Crippen LogP contribution is -2.33. The monoisotopic (exact) mass is 552 g/mol. The minimum atomic E-state index is -0.275. The molecule has 6 nitrogen and oxygen atoms in total. The summed E-state index contributed by atoms with van der Waals surface area (Å²) >= 11 is 0. The Hall–Kier alpha value is -4.10. The second-order valence-corrected chi connectivity index (χ2v) is 11.3. The molecule has 1 aliphatic rings. The van der Waals surface area contributed by atoms with Gasteiger partial charge < -0.3 is 10.2 Å². The molecule has 3 aromatic carbocycles. The fourth-order valence-corrected chi connectivity index (χ4v) is 5.45. The maximum absolute atomic E-state index is 13.2. The van der Waals surface area contributed by atoms with Crippen molar-refractivity contribution in [1.82, 2.24) is 14.8 Å². The smallest absolute Gasteiger partial charge is 0.255 e. The lowest BCUT2D eigenvalue weighted by molar-refractivity contribution is -0.129. The van der Waals surface area contributed by atoms with Gasteiger partial charge in [0.25, 0.3) is 5.91 Å². The summed E-state index contributed by atoms with van der Waals surface area (Å²) in [5.74, 6) is 0.367. The van der Waals surface area contributed by atoms with Crippen LogP contribution >= 0.6 is 0 Å². The number of anilines is 1. The SMILES string of the molecule is Cc1cc2cc(CN3CCC(CCC(=O)N(C)C)CC3)cnc2cc1NC(=O)c1ccc(-c2ccc(F)cc2)cc1. The van der Waals surface area contributed by atoms with Crippen molar-refractivity contribution in [2.24, 2.45) is 5.92 Å². The van der Waals surface area contributed by atoms with E-state index in [-0.39, 0.29) is 17.6 Å². The molecule has 0 spiro atoms. The quantitative estimate of drug-likeness (QED) is 0.265. The van der Waals surface area contributed by atoms with Crippen LogP contribution in [0.25, 0.3) is 22.0 Å². The summed E-state index contributed by atoms with van der Waals surface area (Å²) in [4.78, 5) is 33.8. The van der Waals surface area contributed by atoms with E-state index in [9.17, 15) is 14.0 Å². The maximum atomic E-state index is 13.2. The molecule has 41 heavy (non-hydrogen) atoms. The number of nitrogens with one attached hydrogen (secondary N) is 1. The standard InChI is InChI=1S/C34H37FN4O2/c1-23-18-29-19-25(22-39-16-14-24(15-17-39)4-13-33(40)38(2)3)21-36-32(29)20-31(23)37-34(41)28-7-5-26(6-8-28)27-9-11-30(35)12-10-27/h5-12,18-21,24H,4,13-17,22H2,1-3H3,(H,37,41). The summed E-state index contributed by atoms with van der Waals surface area (Å²) in [6.45, 7) is 4.92. The molecular formula is C34H37FN4O2. The van der Waals surface area contributed by atoms with Crippen molar-refractivity contribution in [3.63, 3.8) is 0 Å². The number of piperidine rings is 1. The summed E-state index contributed by atoms with van der Waals surface area (Å²) in [6, 6.07) is 19.8. The van der Waals surface area contributed by atoms with E-state index in [2.05, 4.69) is 22.3 Å². The number of fused-ring (bicyclic) bond motifs is 1. The molecule has 2 heterocycles. The number of carbonyl (C=O) groups is 2. The summed E-state index contributed by atoms with van der Waals surface area (Å²) in [6.07, 6.45) is 5.79. The van der Waals surface area contributed by atoms with Crippen LogP contribution in [0.2, 0.25) is 0 Å². The van der Waals surface area contributed by atoms with E-state index >= 15 is 0 Å².